The van der Waals surface area contributed by atoms with Crippen LogP contribution >= 0.6 is 0 Å². The van der Waals surface area contributed by atoms with E-state index in [0.29, 0.717) is 6.04 Å². The lowest BCUT2D eigenvalue weighted by atomic mass is 9.78. The van der Waals surface area contributed by atoms with Gasteiger partial charge in [0.1, 0.15) is 11.6 Å². The van der Waals surface area contributed by atoms with Gasteiger partial charge in [-0.2, -0.15) is 0 Å². The summed E-state index contributed by atoms with van der Waals surface area (Å²) in [5, 5.41) is 0. The van der Waals surface area contributed by atoms with E-state index in [2.05, 4.69) is 80.8 Å². The molecule has 0 unspecified atom stereocenters. The number of quaternary nitrogens is 1. The van der Waals surface area contributed by atoms with Gasteiger partial charge in [0.25, 0.3) is 0 Å². The van der Waals surface area contributed by atoms with Crippen molar-refractivity contribution in [3.05, 3.63) is 96.1 Å². The highest BCUT2D eigenvalue weighted by molar-refractivity contribution is 5.51. The Bertz CT molecular complexity index is 765. The van der Waals surface area contributed by atoms with E-state index in [9.17, 15) is 0 Å². The van der Waals surface area contributed by atoms with Crippen LogP contribution < -0.4 is 0 Å². The lowest BCUT2D eigenvalue weighted by Crippen LogP contribution is -2.61. The van der Waals surface area contributed by atoms with Crippen LogP contribution in [0.2, 0.25) is 0 Å². The molecule has 2 aliphatic heterocycles. The molecule has 1 heteroatoms. The Kier molecular flexibility index (Phi) is 3.11. The molecule has 0 saturated heterocycles. The van der Waals surface area contributed by atoms with Crippen LogP contribution in [0.3, 0.4) is 0 Å². The molecular weight excluding hydrogens is 278 g/mol. The molecule has 0 fully saturated rings. The van der Waals surface area contributed by atoms with Crippen LogP contribution in [0.4, 0.5) is 0 Å². The summed E-state index contributed by atoms with van der Waals surface area (Å²) in [7, 11) is 0. The van der Waals surface area contributed by atoms with Crippen molar-refractivity contribution < 1.29 is 4.48 Å². The van der Waals surface area contributed by atoms with Crippen molar-refractivity contribution in [1.29, 1.82) is 0 Å². The van der Waals surface area contributed by atoms with Gasteiger partial charge < -0.3 is 0 Å². The summed E-state index contributed by atoms with van der Waals surface area (Å²) in [4.78, 5) is 0. The first-order valence-corrected chi connectivity index (χ1v) is 8.45. The fourth-order valence-corrected chi connectivity index (χ4v) is 5.25. The lowest BCUT2D eigenvalue weighted by molar-refractivity contribution is -0.988. The molecular formula is C22H24N+. The van der Waals surface area contributed by atoms with Crippen LogP contribution in [0.5, 0.6) is 0 Å². The molecule has 0 aromatic heterocycles. The maximum absolute atomic E-state index is 4.08. The van der Waals surface area contributed by atoms with Gasteiger partial charge in [-0.15, -0.1) is 0 Å². The van der Waals surface area contributed by atoms with Crippen molar-refractivity contribution in [2.24, 2.45) is 0 Å². The first kappa shape index (κ1) is 14.5. The van der Waals surface area contributed by atoms with E-state index in [0.717, 1.165) is 24.0 Å². The SMILES string of the molecule is C=CC[N+]1(CC=C)[C@@H]2Cc3ccccc3[C@@]1(C)c1ccccc12. The van der Waals surface area contributed by atoms with E-state index in [1.165, 1.54) is 22.3 Å². The van der Waals surface area contributed by atoms with Crippen molar-refractivity contribution in [1.82, 2.24) is 0 Å². The lowest BCUT2D eigenvalue weighted by Gasteiger charge is -2.53. The summed E-state index contributed by atoms with van der Waals surface area (Å²) in [5.74, 6) is 0. The molecule has 0 spiro atoms. The molecule has 0 N–H and O–H groups in total. The van der Waals surface area contributed by atoms with E-state index < -0.39 is 0 Å². The molecule has 2 heterocycles. The zero-order valence-corrected chi connectivity index (χ0v) is 13.8. The Morgan fingerprint density at radius 1 is 1.00 bits per heavy atom. The molecule has 2 aromatic carbocycles. The van der Waals surface area contributed by atoms with Gasteiger partial charge in [0, 0.05) is 23.1 Å². The molecule has 1 nitrogen and oxygen atoms in total. The summed E-state index contributed by atoms with van der Waals surface area (Å²) >= 11 is 0. The van der Waals surface area contributed by atoms with Crippen LogP contribution in [0, 0.1) is 0 Å². The van der Waals surface area contributed by atoms with Gasteiger partial charge in [-0.25, -0.2) is 0 Å². The van der Waals surface area contributed by atoms with Gasteiger partial charge in [-0.3, -0.25) is 4.48 Å². The van der Waals surface area contributed by atoms with Crippen molar-refractivity contribution >= 4 is 0 Å². The summed E-state index contributed by atoms with van der Waals surface area (Å²) in [6.07, 6.45) is 5.29. The van der Waals surface area contributed by atoms with Crippen LogP contribution in [0.15, 0.2) is 73.8 Å². The average Bonchev–Trinajstić information content (AvgIpc) is 2.70. The Labute approximate surface area is 139 Å². The summed E-state index contributed by atoms with van der Waals surface area (Å²) < 4.78 is 0.996. The molecule has 2 atom stereocenters. The Balaban J connectivity index is 2.09. The smallest absolute Gasteiger partial charge is 0.149 e. The first-order valence-electron chi connectivity index (χ1n) is 8.45. The number of hydrogen-bond acceptors (Lipinski definition) is 0. The fourth-order valence-electron chi connectivity index (χ4n) is 5.25. The van der Waals surface area contributed by atoms with Crippen molar-refractivity contribution in [2.45, 2.75) is 24.9 Å². The van der Waals surface area contributed by atoms with E-state index in [4.69, 9.17) is 0 Å². The fraction of sp³-hybridized carbons (Fsp3) is 0.273. The van der Waals surface area contributed by atoms with Gasteiger partial charge in [-0.05, 0) is 24.6 Å². The van der Waals surface area contributed by atoms with Gasteiger partial charge in [0.15, 0.2) is 0 Å². The summed E-state index contributed by atoms with van der Waals surface area (Å²) in [6, 6.07) is 18.5. The monoisotopic (exact) mass is 302 g/mol. The van der Waals surface area contributed by atoms with Crippen molar-refractivity contribution in [3.63, 3.8) is 0 Å². The van der Waals surface area contributed by atoms with E-state index in [1.54, 1.807) is 0 Å². The molecule has 2 bridgehead atoms. The first-order chi connectivity index (χ1) is 11.2. The number of benzene rings is 2. The third kappa shape index (κ3) is 1.61. The number of nitrogens with zero attached hydrogens (tertiary/aromatic N) is 1. The van der Waals surface area contributed by atoms with Gasteiger partial charge in [0.05, 0.1) is 13.1 Å². The number of fused-ring (bicyclic) bond motifs is 7. The molecule has 2 aromatic rings. The summed E-state index contributed by atoms with van der Waals surface area (Å²) in [6.45, 7) is 12.5. The van der Waals surface area contributed by atoms with Crippen LogP contribution in [-0.2, 0) is 12.0 Å². The highest BCUT2D eigenvalue weighted by Gasteiger charge is 2.63. The van der Waals surface area contributed by atoms with Gasteiger partial charge >= 0.3 is 0 Å². The molecule has 0 saturated carbocycles. The predicted octanol–water partition coefficient (Wildman–Crippen LogP) is 4.75. The minimum Gasteiger partial charge on any atom is -0.298 e. The van der Waals surface area contributed by atoms with Gasteiger partial charge in [-0.1, -0.05) is 61.7 Å². The Hall–Kier alpha value is -2.12. The second kappa shape index (κ2) is 4.94. The second-order valence-electron chi connectivity index (χ2n) is 7.01. The maximum Gasteiger partial charge on any atom is 0.149 e. The minimum atomic E-state index is -0.0293. The average molecular weight is 302 g/mol. The van der Waals surface area contributed by atoms with Crippen molar-refractivity contribution in [2.75, 3.05) is 13.1 Å². The zero-order chi connectivity index (χ0) is 16.1. The topological polar surface area (TPSA) is 0 Å². The molecule has 2 aliphatic rings. The third-order valence-electron chi connectivity index (χ3n) is 6.20. The number of hydrogen-bond donors (Lipinski definition) is 0. The van der Waals surface area contributed by atoms with Crippen LogP contribution in [0.1, 0.15) is 35.2 Å². The third-order valence-corrected chi connectivity index (χ3v) is 6.20. The Morgan fingerprint density at radius 2 is 1.61 bits per heavy atom. The van der Waals surface area contributed by atoms with Crippen LogP contribution in [-0.4, -0.2) is 17.6 Å². The largest absolute Gasteiger partial charge is 0.298 e. The van der Waals surface area contributed by atoms with E-state index in [-0.39, 0.29) is 5.54 Å². The highest BCUT2D eigenvalue weighted by atomic mass is 15.4. The zero-order valence-electron chi connectivity index (χ0n) is 13.8. The quantitative estimate of drug-likeness (QED) is 0.565. The van der Waals surface area contributed by atoms with Gasteiger partial charge in [0.2, 0.25) is 0 Å². The Morgan fingerprint density at radius 3 is 2.30 bits per heavy atom. The highest BCUT2D eigenvalue weighted by Crippen LogP contribution is 2.60. The molecule has 23 heavy (non-hydrogen) atoms. The van der Waals surface area contributed by atoms with E-state index in [1.807, 2.05) is 0 Å². The molecule has 0 aliphatic carbocycles. The summed E-state index contributed by atoms with van der Waals surface area (Å²) in [5.41, 5.74) is 5.94. The number of rotatable bonds is 4. The molecule has 0 amide bonds. The minimum absolute atomic E-state index is 0.0293. The molecule has 116 valence electrons. The molecule has 0 radical (unpaired) electrons. The van der Waals surface area contributed by atoms with Crippen LogP contribution in [0.25, 0.3) is 0 Å². The maximum atomic E-state index is 4.08. The van der Waals surface area contributed by atoms with Crippen molar-refractivity contribution in [3.8, 4) is 0 Å². The second-order valence-corrected chi connectivity index (χ2v) is 7.01. The standard InChI is InChI=1S/C22H24N/c1-4-14-23(15-5-2)21-16-17-10-6-8-12-19(17)22(23,3)20-13-9-7-11-18(20)21/h4-13,21H,1-2,14-16H2,3H3/q+1/t21-,22+/m1/s1. The molecule has 4 rings (SSSR count). The predicted molar refractivity (Wildman–Crippen MR) is 96.2 cm³/mol. The van der Waals surface area contributed by atoms with E-state index >= 15 is 0 Å². The normalized spacial score (nSPS) is 26.2.